The quantitative estimate of drug-likeness (QED) is 0.836. The van der Waals surface area contributed by atoms with E-state index < -0.39 is 0 Å². The maximum Gasteiger partial charge on any atom is 0.146 e. The molecular formula is C12H15N3O. The first kappa shape index (κ1) is 10.5. The lowest BCUT2D eigenvalue weighted by Crippen LogP contribution is -1.95. The van der Waals surface area contributed by atoms with Gasteiger partial charge in [-0.2, -0.15) is 5.10 Å². The van der Waals surface area contributed by atoms with Gasteiger partial charge in [-0.25, -0.2) is 0 Å². The first-order valence-electron chi connectivity index (χ1n) is 5.06. The van der Waals surface area contributed by atoms with Crippen molar-refractivity contribution in [2.24, 2.45) is 7.05 Å². The summed E-state index contributed by atoms with van der Waals surface area (Å²) >= 11 is 0. The third kappa shape index (κ3) is 1.74. The number of benzene rings is 1. The van der Waals surface area contributed by atoms with Crippen LogP contribution in [0.2, 0.25) is 0 Å². The minimum absolute atomic E-state index is 0.533. The van der Waals surface area contributed by atoms with Crippen LogP contribution in [0.5, 0.6) is 5.75 Å². The summed E-state index contributed by atoms with van der Waals surface area (Å²) in [6.07, 6.45) is 0. The summed E-state index contributed by atoms with van der Waals surface area (Å²) in [5.41, 5.74) is 8.84. The number of rotatable bonds is 2. The fraction of sp³-hybridized carbons (Fsp3) is 0.250. The lowest BCUT2D eigenvalue weighted by molar-refractivity contribution is 0.412. The van der Waals surface area contributed by atoms with E-state index >= 15 is 0 Å². The van der Waals surface area contributed by atoms with Gasteiger partial charge in [-0.05, 0) is 30.7 Å². The van der Waals surface area contributed by atoms with E-state index in [0.29, 0.717) is 5.82 Å². The Kier molecular flexibility index (Phi) is 2.56. The van der Waals surface area contributed by atoms with Crippen molar-refractivity contribution in [3.05, 3.63) is 29.8 Å². The molecule has 0 amide bonds. The van der Waals surface area contributed by atoms with E-state index in [9.17, 15) is 0 Å². The van der Waals surface area contributed by atoms with Gasteiger partial charge >= 0.3 is 0 Å². The molecule has 0 radical (unpaired) electrons. The molecule has 1 aromatic heterocycles. The molecule has 0 aliphatic rings. The summed E-state index contributed by atoms with van der Waals surface area (Å²) in [6.45, 7) is 2.02. The van der Waals surface area contributed by atoms with Crippen molar-refractivity contribution in [2.45, 2.75) is 6.92 Å². The molecule has 0 unspecified atom stereocenters. The topological polar surface area (TPSA) is 53.1 Å². The van der Waals surface area contributed by atoms with Gasteiger partial charge < -0.3 is 10.5 Å². The smallest absolute Gasteiger partial charge is 0.146 e. The molecule has 0 aliphatic heterocycles. The van der Waals surface area contributed by atoms with Gasteiger partial charge in [0.15, 0.2) is 0 Å². The molecule has 0 fully saturated rings. The Balaban J connectivity index is 2.49. The van der Waals surface area contributed by atoms with Gasteiger partial charge in [0.25, 0.3) is 0 Å². The van der Waals surface area contributed by atoms with Crippen molar-refractivity contribution < 1.29 is 4.74 Å². The first-order chi connectivity index (χ1) is 7.61. The Morgan fingerprint density at radius 2 is 2.06 bits per heavy atom. The highest BCUT2D eigenvalue weighted by Crippen LogP contribution is 2.26. The molecule has 16 heavy (non-hydrogen) atoms. The average Bonchev–Trinajstić information content (AvgIpc) is 2.58. The van der Waals surface area contributed by atoms with Crippen LogP contribution in [-0.2, 0) is 7.05 Å². The van der Waals surface area contributed by atoms with E-state index in [1.165, 1.54) is 0 Å². The molecule has 84 valence electrons. The van der Waals surface area contributed by atoms with Crippen molar-refractivity contribution in [2.75, 3.05) is 12.8 Å². The van der Waals surface area contributed by atoms with Crippen LogP contribution in [0.3, 0.4) is 0 Å². The largest absolute Gasteiger partial charge is 0.496 e. The zero-order valence-corrected chi connectivity index (χ0v) is 9.69. The van der Waals surface area contributed by atoms with Gasteiger partial charge in [-0.15, -0.1) is 0 Å². The predicted molar refractivity (Wildman–Crippen MR) is 64.3 cm³/mol. The maximum absolute atomic E-state index is 5.65. The molecule has 1 heterocycles. The first-order valence-corrected chi connectivity index (χ1v) is 5.06. The minimum Gasteiger partial charge on any atom is -0.496 e. The predicted octanol–water partition coefficient (Wildman–Crippen LogP) is 1.99. The summed E-state index contributed by atoms with van der Waals surface area (Å²) in [6, 6.07) is 7.88. The summed E-state index contributed by atoms with van der Waals surface area (Å²) in [5, 5.41) is 4.12. The SMILES string of the molecule is COc1ccc(-c2cc(N)nn2C)cc1C. The monoisotopic (exact) mass is 217 g/mol. The highest BCUT2D eigenvalue weighted by atomic mass is 16.5. The van der Waals surface area contributed by atoms with Gasteiger partial charge in [0.2, 0.25) is 0 Å². The number of hydrogen-bond acceptors (Lipinski definition) is 3. The van der Waals surface area contributed by atoms with Crippen molar-refractivity contribution in [1.29, 1.82) is 0 Å². The maximum atomic E-state index is 5.65. The van der Waals surface area contributed by atoms with E-state index in [1.54, 1.807) is 11.8 Å². The molecule has 2 rings (SSSR count). The van der Waals surface area contributed by atoms with Crippen molar-refractivity contribution in [3.63, 3.8) is 0 Å². The number of nitrogens with zero attached hydrogens (tertiary/aromatic N) is 2. The molecular weight excluding hydrogens is 202 g/mol. The lowest BCUT2D eigenvalue weighted by atomic mass is 10.1. The molecule has 4 nitrogen and oxygen atoms in total. The van der Waals surface area contributed by atoms with E-state index in [4.69, 9.17) is 10.5 Å². The number of nitrogen functional groups attached to an aromatic ring is 1. The van der Waals surface area contributed by atoms with Crippen LogP contribution in [0, 0.1) is 6.92 Å². The Morgan fingerprint density at radius 1 is 1.31 bits per heavy atom. The minimum atomic E-state index is 0.533. The fourth-order valence-electron chi connectivity index (χ4n) is 1.80. The summed E-state index contributed by atoms with van der Waals surface area (Å²) in [4.78, 5) is 0. The lowest BCUT2D eigenvalue weighted by Gasteiger charge is -2.07. The number of ether oxygens (including phenoxy) is 1. The van der Waals surface area contributed by atoms with Crippen LogP contribution in [0.4, 0.5) is 5.82 Å². The van der Waals surface area contributed by atoms with E-state index in [0.717, 1.165) is 22.6 Å². The van der Waals surface area contributed by atoms with Crippen molar-refractivity contribution >= 4 is 5.82 Å². The second-order valence-corrected chi connectivity index (χ2v) is 3.76. The molecule has 1 aromatic carbocycles. The van der Waals surface area contributed by atoms with Crippen molar-refractivity contribution in [3.8, 4) is 17.0 Å². The number of hydrogen-bond donors (Lipinski definition) is 1. The highest BCUT2D eigenvalue weighted by Gasteiger charge is 2.07. The molecule has 4 heteroatoms. The van der Waals surface area contributed by atoms with Gasteiger partial charge in [-0.1, -0.05) is 0 Å². The Bertz CT molecular complexity index is 517. The van der Waals surface area contributed by atoms with E-state index in [2.05, 4.69) is 11.2 Å². The summed E-state index contributed by atoms with van der Waals surface area (Å²) in [7, 11) is 3.55. The molecule has 0 saturated heterocycles. The van der Waals surface area contributed by atoms with Crippen LogP contribution >= 0.6 is 0 Å². The van der Waals surface area contributed by atoms with Crippen molar-refractivity contribution in [1.82, 2.24) is 9.78 Å². The third-order valence-corrected chi connectivity index (χ3v) is 2.59. The van der Waals surface area contributed by atoms with Crippen LogP contribution in [0.15, 0.2) is 24.3 Å². The number of aromatic nitrogens is 2. The summed E-state index contributed by atoms with van der Waals surface area (Å²) in [5.74, 6) is 1.42. The van der Waals surface area contributed by atoms with Crippen LogP contribution in [-0.4, -0.2) is 16.9 Å². The van der Waals surface area contributed by atoms with Gasteiger partial charge in [0.1, 0.15) is 11.6 Å². The van der Waals surface area contributed by atoms with Crippen LogP contribution < -0.4 is 10.5 Å². The zero-order chi connectivity index (χ0) is 11.7. The second-order valence-electron chi connectivity index (χ2n) is 3.76. The fourth-order valence-corrected chi connectivity index (χ4v) is 1.80. The average molecular weight is 217 g/mol. The molecule has 0 atom stereocenters. The zero-order valence-electron chi connectivity index (χ0n) is 9.69. The van der Waals surface area contributed by atoms with Gasteiger partial charge in [-0.3, -0.25) is 4.68 Å². The summed E-state index contributed by atoms with van der Waals surface area (Å²) < 4.78 is 7.00. The van der Waals surface area contributed by atoms with Crippen LogP contribution in [0.1, 0.15) is 5.56 Å². The molecule has 0 bridgehead atoms. The molecule has 0 aliphatic carbocycles. The number of nitrogens with two attached hydrogens (primary N) is 1. The van der Waals surface area contributed by atoms with Gasteiger partial charge in [0.05, 0.1) is 12.8 Å². The Labute approximate surface area is 94.6 Å². The number of aryl methyl sites for hydroxylation is 2. The number of anilines is 1. The highest BCUT2D eigenvalue weighted by molar-refractivity contribution is 5.64. The van der Waals surface area contributed by atoms with E-state index in [-0.39, 0.29) is 0 Å². The van der Waals surface area contributed by atoms with E-state index in [1.807, 2.05) is 32.2 Å². The molecule has 2 N–H and O–H groups in total. The van der Waals surface area contributed by atoms with Gasteiger partial charge in [0, 0.05) is 18.7 Å². The molecule has 2 aromatic rings. The standard InChI is InChI=1S/C12H15N3O/c1-8-6-9(4-5-11(8)16-3)10-7-12(13)14-15(10)2/h4-7H,1-3H3,(H2,13,14). The second kappa shape index (κ2) is 3.89. The normalized spacial score (nSPS) is 10.4. The number of methoxy groups -OCH3 is 1. The third-order valence-electron chi connectivity index (χ3n) is 2.59. The molecule has 0 spiro atoms. The van der Waals surface area contributed by atoms with Crippen LogP contribution in [0.25, 0.3) is 11.3 Å². The molecule has 0 saturated carbocycles. The Morgan fingerprint density at radius 3 is 2.56 bits per heavy atom. The Hall–Kier alpha value is -1.97.